The van der Waals surface area contributed by atoms with E-state index in [9.17, 15) is 4.79 Å². The van der Waals surface area contributed by atoms with Crippen molar-refractivity contribution < 1.29 is 4.79 Å². The van der Waals surface area contributed by atoms with Gasteiger partial charge in [-0.15, -0.1) is 0 Å². The lowest BCUT2D eigenvalue weighted by Crippen LogP contribution is -2.07. The van der Waals surface area contributed by atoms with Crippen LogP contribution in [0, 0.1) is 0 Å². The highest BCUT2D eigenvalue weighted by Crippen LogP contribution is 2.16. The van der Waals surface area contributed by atoms with Gasteiger partial charge in [0.2, 0.25) is 5.91 Å². The topological polar surface area (TPSA) is 59.0 Å². The third-order valence-electron chi connectivity index (χ3n) is 3.36. The van der Waals surface area contributed by atoms with Gasteiger partial charge >= 0.3 is 0 Å². The molecule has 2 rings (SSSR count). The zero-order chi connectivity index (χ0) is 15.2. The van der Waals surface area contributed by atoms with Crippen LogP contribution in [0.3, 0.4) is 0 Å². The number of nitrogens with zero attached hydrogens (tertiary/aromatic N) is 2. The molecule has 1 atom stereocenters. The molecule has 2 aromatic rings. The summed E-state index contributed by atoms with van der Waals surface area (Å²) in [4.78, 5) is 11.1. The van der Waals surface area contributed by atoms with Gasteiger partial charge in [-0.05, 0) is 37.6 Å². The van der Waals surface area contributed by atoms with E-state index in [1.807, 2.05) is 41.2 Å². The number of rotatable bonds is 6. The maximum absolute atomic E-state index is 11.1. The predicted molar refractivity (Wildman–Crippen MR) is 85.3 cm³/mol. The minimum Gasteiger partial charge on any atom is -0.379 e. The molecule has 0 fully saturated rings. The molecule has 0 aliphatic rings. The van der Waals surface area contributed by atoms with E-state index in [-0.39, 0.29) is 5.91 Å². The van der Waals surface area contributed by atoms with Crippen molar-refractivity contribution in [3.63, 3.8) is 0 Å². The van der Waals surface area contributed by atoms with Crippen molar-refractivity contribution in [2.24, 2.45) is 0 Å². The number of amides is 1. The lowest BCUT2D eigenvalue weighted by molar-refractivity contribution is -0.114. The van der Waals surface area contributed by atoms with E-state index in [0.717, 1.165) is 23.5 Å². The minimum absolute atomic E-state index is 0.0700. The molecule has 1 amide bonds. The summed E-state index contributed by atoms with van der Waals surface area (Å²) in [5.41, 5.74) is 2.75. The van der Waals surface area contributed by atoms with E-state index >= 15 is 0 Å². The van der Waals surface area contributed by atoms with Gasteiger partial charge in [-0.3, -0.25) is 9.48 Å². The van der Waals surface area contributed by atoms with Crippen LogP contribution < -0.4 is 10.6 Å². The predicted octanol–water partition coefficient (Wildman–Crippen LogP) is 3.42. The molecule has 0 saturated carbocycles. The Hall–Kier alpha value is -2.30. The maximum Gasteiger partial charge on any atom is 0.221 e. The second kappa shape index (κ2) is 6.92. The molecule has 0 aliphatic heterocycles. The van der Waals surface area contributed by atoms with Gasteiger partial charge in [0.1, 0.15) is 0 Å². The zero-order valence-corrected chi connectivity index (χ0v) is 12.8. The SMILES string of the molecule is CCC(C)n1ccc(CNc2cccc(NC(C)=O)c2)n1. The molecule has 1 aromatic heterocycles. The lowest BCUT2D eigenvalue weighted by atomic mass is 10.2. The fourth-order valence-corrected chi connectivity index (χ4v) is 2.01. The van der Waals surface area contributed by atoms with E-state index < -0.39 is 0 Å². The number of benzene rings is 1. The van der Waals surface area contributed by atoms with Crippen LogP contribution in [-0.4, -0.2) is 15.7 Å². The highest BCUT2D eigenvalue weighted by molar-refractivity contribution is 5.89. The number of hydrogen-bond donors (Lipinski definition) is 2. The summed E-state index contributed by atoms with van der Waals surface area (Å²) in [6.07, 6.45) is 3.08. The summed E-state index contributed by atoms with van der Waals surface area (Å²) in [5.74, 6) is -0.0700. The highest BCUT2D eigenvalue weighted by Gasteiger charge is 2.04. The van der Waals surface area contributed by atoms with Crippen LogP contribution in [0.15, 0.2) is 36.5 Å². The summed E-state index contributed by atoms with van der Waals surface area (Å²) < 4.78 is 1.99. The van der Waals surface area contributed by atoms with E-state index in [1.54, 1.807) is 0 Å². The van der Waals surface area contributed by atoms with Crippen LogP contribution in [0.5, 0.6) is 0 Å². The fraction of sp³-hybridized carbons (Fsp3) is 0.375. The number of carbonyl (C=O) groups excluding carboxylic acids is 1. The molecule has 5 heteroatoms. The second-order valence-electron chi connectivity index (χ2n) is 5.16. The van der Waals surface area contributed by atoms with Crippen molar-refractivity contribution in [3.8, 4) is 0 Å². The van der Waals surface area contributed by atoms with Crippen molar-refractivity contribution in [1.29, 1.82) is 0 Å². The normalized spacial score (nSPS) is 12.0. The molecule has 0 aliphatic carbocycles. The van der Waals surface area contributed by atoms with Crippen LogP contribution >= 0.6 is 0 Å². The number of carbonyl (C=O) groups is 1. The van der Waals surface area contributed by atoms with E-state index in [2.05, 4.69) is 29.6 Å². The van der Waals surface area contributed by atoms with Gasteiger partial charge in [0.05, 0.1) is 12.2 Å². The first-order valence-corrected chi connectivity index (χ1v) is 7.24. The number of aromatic nitrogens is 2. The molecular weight excluding hydrogens is 264 g/mol. The molecule has 112 valence electrons. The van der Waals surface area contributed by atoms with Crippen molar-refractivity contribution in [2.45, 2.75) is 39.8 Å². The van der Waals surface area contributed by atoms with Crippen LogP contribution in [0.2, 0.25) is 0 Å². The highest BCUT2D eigenvalue weighted by atomic mass is 16.1. The van der Waals surface area contributed by atoms with Gasteiger partial charge in [0.15, 0.2) is 0 Å². The zero-order valence-electron chi connectivity index (χ0n) is 12.8. The average Bonchev–Trinajstić information content (AvgIpc) is 2.93. The largest absolute Gasteiger partial charge is 0.379 e. The summed E-state index contributed by atoms with van der Waals surface area (Å²) in [6, 6.07) is 10.1. The van der Waals surface area contributed by atoms with Crippen molar-refractivity contribution in [2.75, 3.05) is 10.6 Å². The summed E-state index contributed by atoms with van der Waals surface area (Å²) in [5, 5.41) is 10.6. The second-order valence-corrected chi connectivity index (χ2v) is 5.16. The van der Waals surface area contributed by atoms with Crippen LogP contribution in [0.25, 0.3) is 0 Å². The van der Waals surface area contributed by atoms with Gasteiger partial charge in [-0.1, -0.05) is 13.0 Å². The lowest BCUT2D eigenvalue weighted by Gasteiger charge is -2.09. The minimum atomic E-state index is -0.0700. The first-order valence-electron chi connectivity index (χ1n) is 7.24. The van der Waals surface area contributed by atoms with Crippen molar-refractivity contribution >= 4 is 17.3 Å². The van der Waals surface area contributed by atoms with Gasteiger partial charge in [-0.25, -0.2) is 0 Å². The van der Waals surface area contributed by atoms with Crippen LogP contribution in [-0.2, 0) is 11.3 Å². The standard InChI is InChI=1S/C16H22N4O/c1-4-12(2)20-9-8-16(19-20)11-17-14-6-5-7-15(10-14)18-13(3)21/h5-10,12,17H,4,11H2,1-3H3,(H,18,21). The Morgan fingerprint density at radius 2 is 2.10 bits per heavy atom. The van der Waals surface area contributed by atoms with Crippen molar-refractivity contribution in [3.05, 3.63) is 42.2 Å². The van der Waals surface area contributed by atoms with E-state index in [4.69, 9.17) is 0 Å². The third kappa shape index (κ3) is 4.34. The smallest absolute Gasteiger partial charge is 0.221 e. The molecule has 2 N–H and O–H groups in total. The van der Waals surface area contributed by atoms with E-state index in [1.165, 1.54) is 6.92 Å². The molecule has 0 saturated heterocycles. The van der Waals surface area contributed by atoms with Gasteiger partial charge in [0.25, 0.3) is 0 Å². The molecule has 1 aromatic carbocycles. The average molecular weight is 286 g/mol. The Labute approximate surface area is 125 Å². The Morgan fingerprint density at radius 3 is 2.81 bits per heavy atom. The van der Waals surface area contributed by atoms with Gasteiger partial charge < -0.3 is 10.6 Å². The molecule has 21 heavy (non-hydrogen) atoms. The molecule has 5 nitrogen and oxygen atoms in total. The number of hydrogen-bond acceptors (Lipinski definition) is 3. The Bertz CT molecular complexity index is 606. The first-order chi connectivity index (χ1) is 10.1. The Morgan fingerprint density at radius 1 is 1.33 bits per heavy atom. The summed E-state index contributed by atoms with van der Waals surface area (Å²) >= 11 is 0. The number of nitrogens with one attached hydrogen (secondary N) is 2. The van der Waals surface area contributed by atoms with E-state index in [0.29, 0.717) is 12.6 Å². The summed E-state index contributed by atoms with van der Waals surface area (Å²) in [7, 11) is 0. The quantitative estimate of drug-likeness (QED) is 0.855. The molecular formula is C16H22N4O. The molecule has 1 unspecified atom stereocenters. The molecule has 0 spiro atoms. The Balaban J connectivity index is 1.96. The first kappa shape index (κ1) is 15.1. The number of anilines is 2. The maximum atomic E-state index is 11.1. The summed E-state index contributed by atoms with van der Waals surface area (Å²) in [6.45, 7) is 6.47. The molecule has 1 heterocycles. The monoisotopic (exact) mass is 286 g/mol. The molecule has 0 bridgehead atoms. The molecule has 0 radical (unpaired) electrons. The third-order valence-corrected chi connectivity index (χ3v) is 3.36. The van der Waals surface area contributed by atoms with Crippen LogP contribution in [0.1, 0.15) is 38.9 Å². The van der Waals surface area contributed by atoms with Gasteiger partial charge in [-0.2, -0.15) is 5.10 Å². The van der Waals surface area contributed by atoms with Crippen LogP contribution in [0.4, 0.5) is 11.4 Å². The van der Waals surface area contributed by atoms with Crippen molar-refractivity contribution in [1.82, 2.24) is 9.78 Å². The fourth-order valence-electron chi connectivity index (χ4n) is 2.01. The Kier molecular flexibility index (Phi) is 4.98. The van der Waals surface area contributed by atoms with Gasteiger partial charge in [0, 0.05) is 30.5 Å².